The Morgan fingerprint density at radius 1 is 0.884 bits per heavy atom. The van der Waals surface area contributed by atoms with Gasteiger partial charge in [-0.15, -0.1) is 0 Å². The molecule has 0 radical (unpaired) electrons. The summed E-state index contributed by atoms with van der Waals surface area (Å²) in [7, 11) is -1.04. The number of anilines is 1. The summed E-state index contributed by atoms with van der Waals surface area (Å²) in [6.45, 7) is 3.36. The second kappa shape index (κ2) is 14.4. The first-order chi connectivity index (χ1) is 20.7. The van der Waals surface area contributed by atoms with Crippen molar-refractivity contribution in [2.24, 2.45) is 0 Å². The summed E-state index contributed by atoms with van der Waals surface area (Å²) < 4.78 is 39.7. The van der Waals surface area contributed by atoms with E-state index in [2.05, 4.69) is 5.32 Å². The van der Waals surface area contributed by atoms with Gasteiger partial charge in [0.15, 0.2) is 0 Å². The van der Waals surface area contributed by atoms with Crippen LogP contribution >= 0.6 is 0 Å². The quantitative estimate of drug-likeness (QED) is 0.291. The molecule has 0 aromatic heterocycles. The molecule has 4 rings (SSSR count). The van der Waals surface area contributed by atoms with Crippen LogP contribution in [0.3, 0.4) is 0 Å². The highest BCUT2D eigenvalue weighted by Gasteiger charge is 2.34. The molecule has 0 bridgehead atoms. The monoisotopic (exact) mass is 607 g/mol. The Hall–Kier alpha value is -4.05. The van der Waals surface area contributed by atoms with Crippen LogP contribution in [0.5, 0.6) is 11.5 Å². The Morgan fingerprint density at radius 3 is 1.98 bits per heavy atom. The van der Waals surface area contributed by atoms with Crippen molar-refractivity contribution in [3.8, 4) is 11.5 Å². The smallest absolute Gasteiger partial charge is 0.264 e. The zero-order valence-electron chi connectivity index (χ0n) is 25.3. The molecular weight excluding hydrogens is 566 g/mol. The predicted molar refractivity (Wildman–Crippen MR) is 167 cm³/mol. The number of hydrogen-bond donors (Lipinski definition) is 1. The van der Waals surface area contributed by atoms with Gasteiger partial charge in [0.05, 0.1) is 24.8 Å². The van der Waals surface area contributed by atoms with Crippen LogP contribution in [0.2, 0.25) is 0 Å². The first-order valence-corrected chi connectivity index (χ1v) is 16.1. The van der Waals surface area contributed by atoms with E-state index < -0.39 is 28.5 Å². The van der Waals surface area contributed by atoms with E-state index >= 15 is 0 Å². The molecule has 1 atom stereocenters. The highest BCUT2D eigenvalue weighted by atomic mass is 32.2. The highest BCUT2D eigenvalue weighted by Crippen LogP contribution is 2.27. The van der Waals surface area contributed by atoms with Crippen LogP contribution in [0.25, 0.3) is 0 Å². The number of benzene rings is 3. The van der Waals surface area contributed by atoms with Crippen LogP contribution in [0.4, 0.5) is 5.69 Å². The molecule has 1 aliphatic rings. The lowest BCUT2D eigenvalue weighted by Crippen LogP contribution is -2.53. The summed E-state index contributed by atoms with van der Waals surface area (Å²) in [5.74, 6) is 0.505. The number of ether oxygens (including phenoxy) is 2. The van der Waals surface area contributed by atoms with Crippen molar-refractivity contribution in [3.05, 3.63) is 83.9 Å². The van der Waals surface area contributed by atoms with Crippen LogP contribution in [-0.2, 0) is 26.2 Å². The van der Waals surface area contributed by atoms with E-state index in [0.717, 1.165) is 41.1 Å². The minimum Gasteiger partial charge on any atom is -0.497 e. The summed E-state index contributed by atoms with van der Waals surface area (Å²) in [6.07, 6.45) is 4.31. The standard InChI is InChI=1S/C33H41N3O6S/c1-5-31(33(38)34-26-8-6-7-9-26)35(22-25-12-16-28(41-3)17-13-25)32(37)23-36(27-14-18-29(42-4)19-15-27)43(39,40)30-20-10-24(2)11-21-30/h10-21,26,31H,5-9,22-23H2,1-4H3,(H,34,38)/t31-/m1/s1. The minimum absolute atomic E-state index is 0.0643. The normalized spacial score (nSPS) is 14.1. The van der Waals surface area contributed by atoms with Crippen LogP contribution in [0.15, 0.2) is 77.7 Å². The lowest BCUT2D eigenvalue weighted by Gasteiger charge is -2.33. The van der Waals surface area contributed by atoms with Crippen LogP contribution in [-0.4, -0.2) is 58.0 Å². The number of nitrogens with one attached hydrogen (secondary N) is 1. The number of carbonyl (C=O) groups is 2. The second-order valence-electron chi connectivity index (χ2n) is 10.8. The van der Waals surface area contributed by atoms with Gasteiger partial charge in [-0.3, -0.25) is 13.9 Å². The van der Waals surface area contributed by atoms with Gasteiger partial charge in [0, 0.05) is 12.6 Å². The average molecular weight is 608 g/mol. The molecule has 0 aliphatic heterocycles. The van der Waals surface area contributed by atoms with Gasteiger partial charge in [-0.2, -0.15) is 0 Å². The lowest BCUT2D eigenvalue weighted by molar-refractivity contribution is -0.140. The molecule has 1 fully saturated rings. The molecule has 10 heteroatoms. The van der Waals surface area contributed by atoms with Gasteiger partial charge in [0.2, 0.25) is 11.8 Å². The van der Waals surface area contributed by atoms with Crippen molar-refractivity contribution in [1.29, 1.82) is 0 Å². The molecule has 2 amide bonds. The van der Waals surface area contributed by atoms with Gasteiger partial charge in [-0.1, -0.05) is 49.6 Å². The SMILES string of the molecule is CC[C@H](C(=O)NC1CCCC1)N(Cc1ccc(OC)cc1)C(=O)CN(c1ccc(OC)cc1)S(=O)(=O)c1ccc(C)cc1. The summed E-state index contributed by atoms with van der Waals surface area (Å²) in [5.41, 5.74) is 2.01. The minimum atomic E-state index is -4.14. The maximum absolute atomic E-state index is 14.2. The Morgan fingerprint density at radius 2 is 1.44 bits per heavy atom. The number of rotatable bonds is 13. The third kappa shape index (κ3) is 7.87. The maximum Gasteiger partial charge on any atom is 0.264 e. The molecule has 1 saturated carbocycles. The van der Waals surface area contributed by atoms with Crippen LogP contribution in [0, 0.1) is 6.92 Å². The Kier molecular flexibility index (Phi) is 10.7. The molecule has 3 aromatic carbocycles. The van der Waals surface area contributed by atoms with Gasteiger partial charge < -0.3 is 19.7 Å². The van der Waals surface area contributed by atoms with Crippen molar-refractivity contribution < 1.29 is 27.5 Å². The number of hydrogen-bond acceptors (Lipinski definition) is 6. The molecule has 0 spiro atoms. The fourth-order valence-electron chi connectivity index (χ4n) is 5.33. The molecule has 0 saturated heterocycles. The molecule has 43 heavy (non-hydrogen) atoms. The first kappa shape index (κ1) is 31.9. The van der Waals surface area contributed by atoms with Crippen molar-refractivity contribution >= 4 is 27.5 Å². The number of sulfonamides is 1. The van der Waals surface area contributed by atoms with E-state index in [9.17, 15) is 18.0 Å². The first-order valence-electron chi connectivity index (χ1n) is 14.6. The number of carbonyl (C=O) groups excluding carboxylic acids is 2. The van der Waals surface area contributed by atoms with Crippen molar-refractivity contribution in [3.63, 3.8) is 0 Å². The Bertz CT molecular complexity index is 1470. The second-order valence-corrected chi connectivity index (χ2v) is 12.7. The molecule has 230 valence electrons. The van der Waals surface area contributed by atoms with E-state index in [1.165, 1.54) is 24.1 Å². The third-order valence-electron chi connectivity index (χ3n) is 7.85. The zero-order chi connectivity index (χ0) is 31.0. The van der Waals surface area contributed by atoms with Crippen LogP contribution in [0.1, 0.15) is 50.2 Å². The largest absolute Gasteiger partial charge is 0.497 e. The third-order valence-corrected chi connectivity index (χ3v) is 9.64. The fourth-order valence-corrected chi connectivity index (χ4v) is 6.74. The molecule has 0 heterocycles. The van der Waals surface area contributed by atoms with Gasteiger partial charge in [0.1, 0.15) is 24.1 Å². The zero-order valence-corrected chi connectivity index (χ0v) is 26.1. The molecule has 3 aromatic rings. The lowest BCUT2D eigenvalue weighted by atomic mass is 10.1. The number of aryl methyl sites for hydroxylation is 1. The Balaban J connectivity index is 1.71. The van der Waals surface area contributed by atoms with Gasteiger partial charge in [-0.25, -0.2) is 8.42 Å². The van der Waals surface area contributed by atoms with E-state index in [4.69, 9.17) is 9.47 Å². The van der Waals surface area contributed by atoms with Crippen molar-refractivity contribution in [1.82, 2.24) is 10.2 Å². The number of nitrogens with zero attached hydrogens (tertiary/aromatic N) is 2. The van der Waals surface area contributed by atoms with Gasteiger partial charge in [-0.05, 0) is 80.3 Å². The maximum atomic E-state index is 14.2. The van der Waals surface area contributed by atoms with E-state index in [0.29, 0.717) is 23.6 Å². The predicted octanol–water partition coefficient (Wildman–Crippen LogP) is 5.07. The highest BCUT2D eigenvalue weighted by molar-refractivity contribution is 7.92. The van der Waals surface area contributed by atoms with Crippen LogP contribution < -0.4 is 19.1 Å². The van der Waals surface area contributed by atoms with Crippen molar-refractivity contribution in [2.75, 3.05) is 25.1 Å². The van der Waals surface area contributed by atoms with E-state index in [1.54, 1.807) is 55.6 Å². The molecule has 1 N–H and O–H groups in total. The molecule has 9 nitrogen and oxygen atoms in total. The summed E-state index contributed by atoms with van der Waals surface area (Å²) in [4.78, 5) is 29.4. The molecule has 0 unspecified atom stereocenters. The van der Waals surface area contributed by atoms with E-state index in [-0.39, 0.29) is 23.4 Å². The summed E-state index contributed by atoms with van der Waals surface area (Å²) in [6, 6.07) is 19.6. The topological polar surface area (TPSA) is 105 Å². The molecule has 1 aliphatic carbocycles. The van der Waals surface area contributed by atoms with E-state index in [1.807, 2.05) is 26.0 Å². The van der Waals surface area contributed by atoms with Gasteiger partial charge in [0.25, 0.3) is 10.0 Å². The number of methoxy groups -OCH3 is 2. The Labute approximate surface area is 254 Å². The molecular formula is C33H41N3O6S. The number of amides is 2. The van der Waals surface area contributed by atoms with Crippen molar-refractivity contribution in [2.45, 2.75) is 69.5 Å². The fraction of sp³-hybridized carbons (Fsp3) is 0.394. The van der Waals surface area contributed by atoms with Gasteiger partial charge >= 0.3 is 0 Å². The average Bonchev–Trinajstić information content (AvgIpc) is 3.53. The summed E-state index contributed by atoms with van der Waals surface area (Å²) in [5, 5.41) is 3.13. The summed E-state index contributed by atoms with van der Waals surface area (Å²) >= 11 is 0.